The number of carbonyl (C=O) groups excluding carboxylic acids is 1. The van der Waals surface area contributed by atoms with E-state index in [9.17, 15) is 9.59 Å². The number of morpholine rings is 1. The van der Waals surface area contributed by atoms with Crippen molar-refractivity contribution in [1.29, 1.82) is 0 Å². The van der Waals surface area contributed by atoms with E-state index < -0.39 is 12.1 Å². The van der Waals surface area contributed by atoms with Crippen molar-refractivity contribution in [3.05, 3.63) is 34.9 Å². The molecule has 1 heterocycles. The molecule has 22 heavy (non-hydrogen) atoms. The van der Waals surface area contributed by atoms with Crippen LogP contribution in [0.4, 0.5) is 0 Å². The number of benzene rings is 1. The fourth-order valence-electron chi connectivity index (χ4n) is 3.29. The van der Waals surface area contributed by atoms with E-state index in [-0.39, 0.29) is 12.3 Å². The van der Waals surface area contributed by atoms with E-state index in [1.165, 1.54) is 17.5 Å². The topological polar surface area (TPSA) is 66.8 Å². The van der Waals surface area contributed by atoms with Gasteiger partial charge in [0.25, 0.3) is 0 Å². The second kappa shape index (κ2) is 6.48. The van der Waals surface area contributed by atoms with Gasteiger partial charge in [-0.2, -0.15) is 0 Å². The van der Waals surface area contributed by atoms with Gasteiger partial charge in [0.05, 0.1) is 25.6 Å². The Morgan fingerprint density at radius 3 is 2.91 bits per heavy atom. The zero-order chi connectivity index (χ0) is 15.5. The predicted octanol–water partition coefficient (Wildman–Crippen LogP) is 1.42. The van der Waals surface area contributed by atoms with Crippen LogP contribution in [0.5, 0.6) is 0 Å². The van der Waals surface area contributed by atoms with Gasteiger partial charge >= 0.3 is 5.97 Å². The van der Waals surface area contributed by atoms with Crippen LogP contribution in [0.2, 0.25) is 0 Å². The lowest BCUT2D eigenvalue weighted by molar-refractivity contribution is -0.147. The molecule has 1 unspecified atom stereocenters. The maximum absolute atomic E-state index is 12.4. The van der Waals surface area contributed by atoms with Gasteiger partial charge in [-0.3, -0.25) is 9.59 Å². The predicted molar refractivity (Wildman–Crippen MR) is 80.7 cm³/mol. The Hall–Kier alpha value is -1.88. The molecular weight excluding hydrogens is 282 g/mol. The minimum absolute atomic E-state index is 0.0524. The maximum atomic E-state index is 12.4. The molecule has 0 spiro atoms. The first-order valence-electron chi connectivity index (χ1n) is 7.83. The van der Waals surface area contributed by atoms with E-state index in [4.69, 9.17) is 9.84 Å². The number of nitrogens with zero attached hydrogens (tertiary/aromatic N) is 1. The molecule has 0 radical (unpaired) electrons. The fourth-order valence-corrected chi connectivity index (χ4v) is 3.29. The third-order valence-corrected chi connectivity index (χ3v) is 4.41. The first-order valence-corrected chi connectivity index (χ1v) is 7.83. The van der Waals surface area contributed by atoms with Gasteiger partial charge in [0.1, 0.15) is 0 Å². The van der Waals surface area contributed by atoms with Crippen LogP contribution in [0.15, 0.2) is 18.2 Å². The number of fused-ring (bicyclic) bond motifs is 1. The summed E-state index contributed by atoms with van der Waals surface area (Å²) in [5, 5.41) is 8.83. The number of hydrogen-bond donors (Lipinski definition) is 1. The maximum Gasteiger partial charge on any atom is 0.306 e. The monoisotopic (exact) mass is 303 g/mol. The van der Waals surface area contributed by atoms with E-state index in [1.807, 2.05) is 6.07 Å². The molecule has 0 bridgehead atoms. The zero-order valence-corrected chi connectivity index (χ0v) is 12.6. The molecule has 1 atom stereocenters. The molecule has 1 saturated heterocycles. The highest BCUT2D eigenvalue weighted by atomic mass is 16.5. The molecule has 0 aromatic heterocycles. The molecule has 1 aromatic carbocycles. The number of aliphatic carboxylic acids is 1. The summed E-state index contributed by atoms with van der Waals surface area (Å²) in [6.07, 6.45) is 3.39. The fraction of sp³-hybridized carbons (Fsp3) is 0.529. The van der Waals surface area contributed by atoms with Crippen molar-refractivity contribution < 1.29 is 19.4 Å². The first kappa shape index (κ1) is 15.0. The molecular formula is C17H21NO4. The Balaban J connectivity index is 1.60. The smallest absolute Gasteiger partial charge is 0.306 e. The molecule has 1 aliphatic carbocycles. The molecule has 1 aliphatic heterocycles. The van der Waals surface area contributed by atoms with Gasteiger partial charge in [0.2, 0.25) is 5.91 Å². The van der Waals surface area contributed by atoms with E-state index in [0.717, 1.165) is 18.4 Å². The van der Waals surface area contributed by atoms with E-state index in [1.54, 1.807) is 4.90 Å². The molecule has 1 aromatic rings. The summed E-state index contributed by atoms with van der Waals surface area (Å²) in [5.41, 5.74) is 3.83. The molecule has 5 heteroatoms. The minimum atomic E-state index is -0.891. The van der Waals surface area contributed by atoms with Crippen LogP contribution >= 0.6 is 0 Å². The van der Waals surface area contributed by atoms with E-state index in [0.29, 0.717) is 26.1 Å². The standard InChI is InChI=1S/C17H21NO4/c19-16(18-6-7-22-15(11-18)10-17(20)21)9-12-4-5-13-2-1-3-14(13)8-12/h4-5,8,15H,1-3,6-7,9-11H2,(H,20,21). The number of amides is 1. The second-order valence-corrected chi connectivity index (χ2v) is 6.06. The largest absolute Gasteiger partial charge is 0.481 e. The molecule has 0 saturated carbocycles. The number of hydrogen-bond acceptors (Lipinski definition) is 3. The van der Waals surface area contributed by atoms with Crippen LogP contribution < -0.4 is 0 Å². The number of rotatable bonds is 4. The number of carboxylic acids is 1. The molecule has 5 nitrogen and oxygen atoms in total. The minimum Gasteiger partial charge on any atom is -0.481 e. The number of aryl methyl sites for hydroxylation is 2. The molecule has 118 valence electrons. The van der Waals surface area contributed by atoms with Crippen LogP contribution in [-0.4, -0.2) is 47.7 Å². The SMILES string of the molecule is O=C(O)CC1CN(C(=O)Cc2ccc3c(c2)CCC3)CCO1. The summed E-state index contributed by atoms with van der Waals surface area (Å²) in [5.74, 6) is -0.838. The molecule has 1 amide bonds. The summed E-state index contributed by atoms with van der Waals surface area (Å²) >= 11 is 0. The van der Waals surface area contributed by atoms with Crippen LogP contribution in [0.1, 0.15) is 29.5 Å². The molecule has 2 aliphatic rings. The van der Waals surface area contributed by atoms with Gasteiger partial charge < -0.3 is 14.7 Å². The van der Waals surface area contributed by atoms with Crippen molar-refractivity contribution in [3.63, 3.8) is 0 Å². The first-order chi connectivity index (χ1) is 10.6. The number of carbonyl (C=O) groups is 2. The van der Waals surface area contributed by atoms with Gasteiger partial charge in [-0.25, -0.2) is 0 Å². The lowest BCUT2D eigenvalue weighted by atomic mass is 10.0. The quantitative estimate of drug-likeness (QED) is 0.913. The highest BCUT2D eigenvalue weighted by molar-refractivity contribution is 5.79. The highest BCUT2D eigenvalue weighted by Gasteiger charge is 2.26. The third kappa shape index (κ3) is 3.47. The Morgan fingerprint density at radius 2 is 2.09 bits per heavy atom. The van der Waals surface area contributed by atoms with Crippen molar-refractivity contribution in [2.24, 2.45) is 0 Å². The van der Waals surface area contributed by atoms with Gasteiger partial charge in [-0.15, -0.1) is 0 Å². The third-order valence-electron chi connectivity index (χ3n) is 4.41. The van der Waals surface area contributed by atoms with E-state index in [2.05, 4.69) is 12.1 Å². The lowest BCUT2D eigenvalue weighted by Crippen LogP contribution is -2.46. The average molecular weight is 303 g/mol. The number of ether oxygens (including phenoxy) is 1. The van der Waals surface area contributed by atoms with Crippen molar-refractivity contribution in [3.8, 4) is 0 Å². The van der Waals surface area contributed by atoms with Crippen LogP contribution in [-0.2, 0) is 33.6 Å². The summed E-state index contributed by atoms with van der Waals surface area (Å²) < 4.78 is 5.41. The van der Waals surface area contributed by atoms with Gasteiger partial charge in [0, 0.05) is 13.1 Å². The van der Waals surface area contributed by atoms with E-state index >= 15 is 0 Å². The number of carboxylic acid groups (broad SMARTS) is 1. The Morgan fingerprint density at radius 1 is 1.27 bits per heavy atom. The summed E-state index contributed by atoms with van der Waals surface area (Å²) in [6.45, 7) is 1.32. The van der Waals surface area contributed by atoms with Crippen LogP contribution in [0.25, 0.3) is 0 Å². The lowest BCUT2D eigenvalue weighted by Gasteiger charge is -2.32. The molecule has 1 N–H and O–H groups in total. The van der Waals surface area contributed by atoms with Crippen molar-refractivity contribution in [2.75, 3.05) is 19.7 Å². The summed E-state index contributed by atoms with van der Waals surface area (Å²) in [7, 11) is 0. The Kier molecular flexibility index (Phi) is 4.43. The van der Waals surface area contributed by atoms with Crippen LogP contribution in [0.3, 0.4) is 0 Å². The van der Waals surface area contributed by atoms with Crippen molar-refractivity contribution in [2.45, 2.75) is 38.2 Å². The molecule has 1 fully saturated rings. The van der Waals surface area contributed by atoms with Gasteiger partial charge in [-0.05, 0) is 36.0 Å². The zero-order valence-electron chi connectivity index (χ0n) is 12.6. The Bertz CT molecular complexity index is 584. The highest BCUT2D eigenvalue weighted by Crippen LogP contribution is 2.23. The normalized spacial score (nSPS) is 20.7. The van der Waals surface area contributed by atoms with Crippen LogP contribution in [0, 0.1) is 0 Å². The van der Waals surface area contributed by atoms with Crippen molar-refractivity contribution >= 4 is 11.9 Å². The van der Waals surface area contributed by atoms with Crippen molar-refractivity contribution in [1.82, 2.24) is 4.90 Å². The van der Waals surface area contributed by atoms with Gasteiger partial charge in [0.15, 0.2) is 0 Å². The van der Waals surface area contributed by atoms with Gasteiger partial charge in [-0.1, -0.05) is 18.2 Å². The summed E-state index contributed by atoms with van der Waals surface area (Å²) in [6, 6.07) is 6.32. The second-order valence-electron chi connectivity index (χ2n) is 6.06. The molecule has 3 rings (SSSR count). The Labute approximate surface area is 129 Å². The average Bonchev–Trinajstić information content (AvgIpc) is 2.94. The summed E-state index contributed by atoms with van der Waals surface area (Å²) in [4.78, 5) is 24.9.